The number of hydrogen-bond donors (Lipinski definition) is 1. The van der Waals surface area contributed by atoms with Crippen molar-refractivity contribution in [1.82, 2.24) is 10.2 Å². The van der Waals surface area contributed by atoms with Gasteiger partial charge in [0.15, 0.2) is 0 Å². The standard InChI is InChI=1S/C17H36N2/c1-7-10-15-13-19(12-11-16(4,5)6)17(8-2,9-3)14-18-15/h15,18H,7-14H2,1-6H3. The van der Waals surface area contributed by atoms with E-state index in [1.54, 1.807) is 0 Å². The third kappa shape index (κ3) is 4.75. The molecule has 1 aliphatic heterocycles. The van der Waals surface area contributed by atoms with Crippen LogP contribution in [0, 0.1) is 5.41 Å². The molecule has 1 N–H and O–H groups in total. The van der Waals surface area contributed by atoms with Crippen LogP contribution in [-0.4, -0.2) is 36.1 Å². The second kappa shape index (κ2) is 7.08. The third-order valence-corrected chi connectivity index (χ3v) is 4.92. The first kappa shape index (κ1) is 17.0. The molecule has 19 heavy (non-hydrogen) atoms. The average molecular weight is 268 g/mol. The summed E-state index contributed by atoms with van der Waals surface area (Å²) in [5, 5.41) is 3.80. The molecule has 0 aliphatic carbocycles. The fourth-order valence-corrected chi connectivity index (χ4v) is 3.26. The highest BCUT2D eigenvalue weighted by atomic mass is 15.3. The van der Waals surface area contributed by atoms with E-state index in [0.717, 1.165) is 0 Å². The van der Waals surface area contributed by atoms with Crippen LogP contribution >= 0.6 is 0 Å². The molecule has 0 aromatic rings. The summed E-state index contributed by atoms with van der Waals surface area (Å²) < 4.78 is 0. The molecule has 114 valence electrons. The zero-order valence-electron chi connectivity index (χ0n) is 14.2. The van der Waals surface area contributed by atoms with Gasteiger partial charge in [0.2, 0.25) is 0 Å². The molecule has 0 spiro atoms. The predicted octanol–water partition coefficient (Wildman–Crippen LogP) is 4.06. The highest BCUT2D eigenvalue weighted by Crippen LogP contribution is 2.30. The molecule has 1 unspecified atom stereocenters. The zero-order chi connectivity index (χ0) is 14.5. The lowest BCUT2D eigenvalue weighted by Gasteiger charge is -2.50. The van der Waals surface area contributed by atoms with Crippen molar-refractivity contribution in [1.29, 1.82) is 0 Å². The van der Waals surface area contributed by atoms with Crippen LogP contribution in [-0.2, 0) is 0 Å². The van der Waals surface area contributed by atoms with Crippen LogP contribution in [0.2, 0.25) is 0 Å². The van der Waals surface area contributed by atoms with Gasteiger partial charge in [-0.1, -0.05) is 48.0 Å². The third-order valence-electron chi connectivity index (χ3n) is 4.92. The molecule has 1 saturated heterocycles. The van der Waals surface area contributed by atoms with Crippen molar-refractivity contribution in [3.05, 3.63) is 0 Å². The van der Waals surface area contributed by atoms with E-state index in [0.29, 0.717) is 17.0 Å². The molecule has 1 fully saturated rings. The minimum absolute atomic E-state index is 0.398. The molecule has 1 atom stereocenters. The molecule has 1 heterocycles. The lowest BCUT2D eigenvalue weighted by Crippen LogP contribution is -2.64. The summed E-state index contributed by atoms with van der Waals surface area (Å²) in [7, 11) is 0. The summed E-state index contributed by atoms with van der Waals surface area (Å²) in [4.78, 5) is 2.80. The van der Waals surface area contributed by atoms with E-state index in [1.807, 2.05) is 0 Å². The molecule has 2 heteroatoms. The Labute approximate surface area is 121 Å². The molecule has 2 nitrogen and oxygen atoms in total. The van der Waals surface area contributed by atoms with Gasteiger partial charge in [-0.15, -0.1) is 0 Å². The Balaban J connectivity index is 2.70. The molecule has 0 bridgehead atoms. The van der Waals surface area contributed by atoms with Gasteiger partial charge in [0.1, 0.15) is 0 Å². The van der Waals surface area contributed by atoms with E-state index >= 15 is 0 Å². The fraction of sp³-hybridized carbons (Fsp3) is 1.00. The summed E-state index contributed by atoms with van der Waals surface area (Å²) in [6.45, 7) is 17.8. The number of nitrogens with zero attached hydrogens (tertiary/aromatic N) is 1. The smallest absolute Gasteiger partial charge is 0.0329 e. The second-order valence-electron chi connectivity index (χ2n) is 7.55. The van der Waals surface area contributed by atoms with Crippen molar-refractivity contribution in [3.63, 3.8) is 0 Å². The van der Waals surface area contributed by atoms with Gasteiger partial charge in [0.25, 0.3) is 0 Å². The molecule has 0 aromatic carbocycles. The average Bonchev–Trinajstić information content (AvgIpc) is 2.36. The van der Waals surface area contributed by atoms with E-state index < -0.39 is 0 Å². The van der Waals surface area contributed by atoms with Crippen molar-refractivity contribution in [2.24, 2.45) is 5.41 Å². The topological polar surface area (TPSA) is 15.3 Å². The first-order valence-electron chi connectivity index (χ1n) is 8.35. The van der Waals surface area contributed by atoms with Gasteiger partial charge in [-0.3, -0.25) is 4.90 Å². The van der Waals surface area contributed by atoms with Gasteiger partial charge in [-0.05, 0) is 37.6 Å². The minimum atomic E-state index is 0.398. The number of rotatable bonds is 6. The predicted molar refractivity (Wildman–Crippen MR) is 85.7 cm³/mol. The zero-order valence-corrected chi connectivity index (χ0v) is 14.2. The summed E-state index contributed by atoms with van der Waals surface area (Å²) >= 11 is 0. The summed E-state index contributed by atoms with van der Waals surface area (Å²) in [5.74, 6) is 0. The first-order chi connectivity index (χ1) is 8.87. The monoisotopic (exact) mass is 268 g/mol. The minimum Gasteiger partial charge on any atom is -0.311 e. The maximum absolute atomic E-state index is 3.80. The summed E-state index contributed by atoms with van der Waals surface area (Å²) in [6, 6.07) is 0.705. The normalized spacial score (nSPS) is 24.6. The molecule has 1 rings (SSSR count). The van der Waals surface area contributed by atoms with Gasteiger partial charge < -0.3 is 5.32 Å². The summed E-state index contributed by atoms with van der Waals surface area (Å²) in [6.07, 6.45) is 6.43. The van der Waals surface area contributed by atoms with Gasteiger partial charge >= 0.3 is 0 Å². The fourth-order valence-electron chi connectivity index (χ4n) is 3.26. The van der Waals surface area contributed by atoms with Crippen LogP contribution < -0.4 is 5.32 Å². The Morgan fingerprint density at radius 2 is 1.79 bits per heavy atom. The van der Waals surface area contributed by atoms with E-state index in [4.69, 9.17) is 0 Å². The van der Waals surface area contributed by atoms with Crippen molar-refractivity contribution in [2.45, 2.75) is 85.2 Å². The Bertz CT molecular complexity index is 250. The lowest BCUT2D eigenvalue weighted by atomic mass is 9.84. The number of piperazine rings is 1. The molecule has 0 aromatic heterocycles. The van der Waals surface area contributed by atoms with E-state index in [1.165, 1.54) is 51.7 Å². The Morgan fingerprint density at radius 3 is 2.26 bits per heavy atom. The van der Waals surface area contributed by atoms with Crippen LogP contribution in [0.1, 0.15) is 73.6 Å². The maximum Gasteiger partial charge on any atom is 0.0329 e. The Morgan fingerprint density at radius 1 is 1.16 bits per heavy atom. The van der Waals surface area contributed by atoms with Crippen molar-refractivity contribution in [2.75, 3.05) is 19.6 Å². The van der Waals surface area contributed by atoms with Gasteiger partial charge in [-0.25, -0.2) is 0 Å². The molecular formula is C17H36N2. The van der Waals surface area contributed by atoms with Crippen LogP contribution in [0.15, 0.2) is 0 Å². The number of hydrogen-bond acceptors (Lipinski definition) is 2. The molecule has 0 amide bonds. The summed E-state index contributed by atoms with van der Waals surface area (Å²) in [5.41, 5.74) is 0.841. The number of nitrogens with one attached hydrogen (secondary N) is 1. The molecule has 0 radical (unpaired) electrons. The van der Waals surface area contributed by atoms with Gasteiger partial charge in [-0.2, -0.15) is 0 Å². The van der Waals surface area contributed by atoms with E-state index in [2.05, 4.69) is 51.8 Å². The van der Waals surface area contributed by atoms with Crippen LogP contribution in [0.25, 0.3) is 0 Å². The largest absolute Gasteiger partial charge is 0.311 e. The molecule has 1 aliphatic rings. The highest BCUT2D eigenvalue weighted by molar-refractivity contribution is 4.97. The van der Waals surface area contributed by atoms with Gasteiger partial charge in [0, 0.05) is 24.7 Å². The van der Waals surface area contributed by atoms with Crippen molar-refractivity contribution < 1.29 is 0 Å². The Kier molecular flexibility index (Phi) is 6.32. The Hall–Kier alpha value is -0.0800. The second-order valence-corrected chi connectivity index (χ2v) is 7.55. The lowest BCUT2D eigenvalue weighted by molar-refractivity contribution is 0.0219. The molecular weight excluding hydrogens is 232 g/mol. The SMILES string of the molecule is CCCC1CN(CCC(C)(C)C)C(CC)(CC)CN1. The van der Waals surface area contributed by atoms with E-state index in [-0.39, 0.29) is 0 Å². The van der Waals surface area contributed by atoms with Crippen LogP contribution in [0.4, 0.5) is 0 Å². The van der Waals surface area contributed by atoms with Gasteiger partial charge in [0.05, 0.1) is 0 Å². The van der Waals surface area contributed by atoms with Crippen molar-refractivity contribution in [3.8, 4) is 0 Å². The van der Waals surface area contributed by atoms with Crippen molar-refractivity contribution >= 4 is 0 Å². The van der Waals surface area contributed by atoms with E-state index in [9.17, 15) is 0 Å². The van der Waals surface area contributed by atoms with Crippen LogP contribution in [0.3, 0.4) is 0 Å². The highest BCUT2D eigenvalue weighted by Gasteiger charge is 2.38. The van der Waals surface area contributed by atoms with Crippen LogP contribution in [0.5, 0.6) is 0 Å². The molecule has 0 saturated carbocycles. The first-order valence-corrected chi connectivity index (χ1v) is 8.35. The maximum atomic E-state index is 3.80. The quantitative estimate of drug-likeness (QED) is 0.781.